The molecule has 2 nitrogen and oxygen atoms in total. The van der Waals surface area contributed by atoms with E-state index in [1.54, 1.807) is 0 Å². The second kappa shape index (κ2) is 22.3. The zero-order valence-electron chi connectivity index (χ0n) is 20.5. The van der Waals surface area contributed by atoms with Gasteiger partial charge in [-0.1, -0.05) is 130 Å². The molecule has 0 rings (SSSR count). The largest absolute Gasteiger partial charge is 0.252 e. The first-order chi connectivity index (χ1) is 14.2. The molecule has 29 heavy (non-hydrogen) atoms. The Labute approximate surface area is 183 Å². The average molecular weight is 411 g/mol. The monoisotopic (exact) mass is 410 g/mol. The van der Waals surface area contributed by atoms with Gasteiger partial charge in [0.2, 0.25) is 0 Å². The van der Waals surface area contributed by atoms with E-state index in [-0.39, 0.29) is 0 Å². The van der Waals surface area contributed by atoms with E-state index in [2.05, 4.69) is 44.7 Å². The molecule has 0 spiro atoms. The van der Waals surface area contributed by atoms with Gasteiger partial charge in [-0.25, -0.2) is 4.89 Å². The van der Waals surface area contributed by atoms with Crippen LogP contribution >= 0.6 is 0 Å². The Hall–Kier alpha value is -0.340. The van der Waals surface area contributed by atoms with Crippen LogP contribution in [0.4, 0.5) is 0 Å². The van der Waals surface area contributed by atoms with Crippen molar-refractivity contribution in [2.24, 2.45) is 17.8 Å². The molecule has 0 aromatic rings. The summed E-state index contributed by atoms with van der Waals surface area (Å²) in [6.45, 7) is 9.98. The van der Waals surface area contributed by atoms with Gasteiger partial charge in [0.15, 0.2) is 0 Å². The molecule has 0 aromatic carbocycles. The number of hydrogen-bond donors (Lipinski definition) is 1. The van der Waals surface area contributed by atoms with Crippen LogP contribution in [0.3, 0.4) is 0 Å². The summed E-state index contributed by atoms with van der Waals surface area (Å²) in [6, 6.07) is 0. The molecule has 0 aromatic heterocycles. The van der Waals surface area contributed by atoms with Gasteiger partial charge in [-0.05, 0) is 37.0 Å². The van der Waals surface area contributed by atoms with Crippen LogP contribution in [0.5, 0.6) is 0 Å². The summed E-state index contributed by atoms with van der Waals surface area (Å²) >= 11 is 0. The van der Waals surface area contributed by atoms with Gasteiger partial charge in [-0.15, -0.1) is 0 Å². The lowest BCUT2D eigenvalue weighted by molar-refractivity contribution is -0.242. The SMILES string of the molecule is CCCCCCC(C)C(C=CC(C)CCCCCCCCOO)CCCCCC. The highest BCUT2D eigenvalue weighted by Crippen LogP contribution is 2.27. The van der Waals surface area contributed by atoms with Crippen molar-refractivity contribution in [3.63, 3.8) is 0 Å². The van der Waals surface area contributed by atoms with Gasteiger partial charge < -0.3 is 0 Å². The summed E-state index contributed by atoms with van der Waals surface area (Å²) in [7, 11) is 0. The first-order valence-corrected chi connectivity index (χ1v) is 13.1. The molecule has 0 amide bonds. The minimum Gasteiger partial charge on any atom is -0.252 e. The van der Waals surface area contributed by atoms with E-state index in [4.69, 9.17) is 5.26 Å². The summed E-state index contributed by atoms with van der Waals surface area (Å²) in [5, 5.41) is 8.32. The maximum Gasteiger partial charge on any atom is 0.0819 e. The highest BCUT2D eigenvalue weighted by Gasteiger charge is 2.14. The Balaban J connectivity index is 4.16. The quantitative estimate of drug-likeness (QED) is 0.0832. The van der Waals surface area contributed by atoms with Gasteiger partial charge in [0, 0.05) is 0 Å². The van der Waals surface area contributed by atoms with Gasteiger partial charge >= 0.3 is 0 Å². The fraction of sp³-hybridized carbons (Fsp3) is 0.926. The van der Waals surface area contributed by atoms with Gasteiger partial charge in [0.1, 0.15) is 0 Å². The highest BCUT2D eigenvalue weighted by atomic mass is 17.1. The summed E-state index contributed by atoms with van der Waals surface area (Å²) < 4.78 is 0. The molecule has 0 fully saturated rings. The van der Waals surface area contributed by atoms with E-state index < -0.39 is 0 Å². The van der Waals surface area contributed by atoms with Gasteiger partial charge in [-0.3, -0.25) is 5.26 Å². The third-order valence-corrected chi connectivity index (χ3v) is 6.47. The summed E-state index contributed by atoms with van der Waals surface area (Å²) in [4.78, 5) is 4.13. The van der Waals surface area contributed by atoms with Crippen molar-refractivity contribution in [3.05, 3.63) is 12.2 Å². The fourth-order valence-electron chi connectivity index (χ4n) is 4.25. The molecule has 1 N–H and O–H groups in total. The molecular formula is C27H54O2. The topological polar surface area (TPSA) is 29.5 Å². The van der Waals surface area contributed by atoms with Gasteiger partial charge in [-0.2, -0.15) is 0 Å². The third kappa shape index (κ3) is 19.4. The molecule has 3 atom stereocenters. The molecule has 3 unspecified atom stereocenters. The average Bonchev–Trinajstić information content (AvgIpc) is 2.72. The lowest BCUT2D eigenvalue weighted by Crippen LogP contribution is -2.10. The van der Waals surface area contributed by atoms with Crippen LogP contribution in [0, 0.1) is 17.8 Å². The van der Waals surface area contributed by atoms with Crippen molar-refractivity contribution in [1.82, 2.24) is 0 Å². The molecule has 0 heterocycles. The molecule has 0 saturated heterocycles. The normalized spacial score (nSPS) is 15.1. The molecule has 2 heteroatoms. The van der Waals surface area contributed by atoms with Crippen LogP contribution in [-0.2, 0) is 4.89 Å². The zero-order valence-corrected chi connectivity index (χ0v) is 20.5. The molecular weight excluding hydrogens is 356 g/mol. The number of allylic oxidation sites excluding steroid dienone is 2. The highest BCUT2D eigenvalue weighted by molar-refractivity contribution is 4.93. The van der Waals surface area contributed by atoms with Crippen molar-refractivity contribution in [2.45, 2.75) is 137 Å². The molecule has 174 valence electrons. The lowest BCUT2D eigenvalue weighted by atomic mass is 9.84. The second-order valence-electron chi connectivity index (χ2n) is 9.45. The maximum atomic E-state index is 8.32. The Morgan fingerprint density at radius 1 is 0.621 bits per heavy atom. The van der Waals surface area contributed by atoms with E-state index in [0.717, 1.165) is 18.3 Å². The summed E-state index contributed by atoms with van der Waals surface area (Å²) in [5.74, 6) is 2.33. The summed E-state index contributed by atoms with van der Waals surface area (Å²) in [5.41, 5.74) is 0. The van der Waals surface area contributed by atoms with Crippen LogP contribution in [0.25, 0.3) is 0 Å². The van der Waals surface area contributed by atoms with E-state index in [9.17, 15) is 0 Å². The second-order valence-corrected chi connectivity index (χ2v) is 9.45. The van der Waals surface area contributed by atoms with Crippen molar-refractivity contribution < 1.29 is 10.1 Å². The Kier molecular flexibility index (Phi) is 22.1. The Bertz CT molecular complexity index is 339. The standard InChI is InChI=1S/C27H54O2/c1-5-7-9-16-20-26(4)27(21-17-10-8-6-2)23-22-25(3)19-15-13-11-12-14-18-24-29-28/h22-23,25-28H,5-21,24H2,1-4H3. The lowest BCUT2D eigenvalue weighted by Gasteiger charge is -2.22. The predicted octanol–water partition coefficient (Wildman–Crippen LogP) is 9.59. The molecule has 0 radical (unpaired) electrons. The van der Waals surface area contributed by atoms with E-state index >= 15 is 0 Å². The third-order valence-electron chi connectivity index (χ3n) is 6.47. The zero-order chi connectivity index (χ0) is 21.6. The minimum absolute atomic E-state index is 0.485. The maximum absolute atomic E-state index is 8.32. The van der Waals surface area contributed by atoms with Crippen molar-refractivity contribution in [3.8, 4) is 0 Å². The Morgan fingerprint density at radius 2 is 1.14 bits per heavy atom. The predicted molar refractivity (Wildman–Crippen MR) is 129 cm³/mol. The first kappa shape index (κ1) is 28.7. The summed E-state index contributed by atoms with van der Waals surface area (Å²) in [6.07, 6.45) is 27.7. The van der Waals surface area contributed by atoms with Crippen molar-refractivity contribution in [1.29, 1.82) is 0 Å². The molecule has 0 aliphatic rings. The van der Waals surface area contributed by atoms with Crippen molar-refractivity contribution in [2.75, 3.05) is 6.61 Å². The van der Waals surface area contributed by atoms with E-state index in [1.807, 2.05) is 0 Å². The molecule has 0 saturated carbocycles. The Morgan fingerprint density at radius 3 is 1.76 bits per heavy atom. The van der Waals surface area contributed by atoms with Crippen LogP contribution in [0.1, 0.15) is 137 Å². The number of unbranched alkanes of at least 4 members (excludes halogenated alkanes) is 11. The number of hydrogen-bond acceptors (Lipinski definition) is 2. The first-order valence-electron chi connectivity index (χ1n) is 13.1. The molecule has 0 bridgehead atoms. The van der Waals surface area contributed by atoms with Gasteiger partial charge in [0.05, 0.1) is 6.61 Å². The van der Waals surface area contributed by atoms with E-state index in [0.29, 0.717) is 12.5 Å². The smallest absolute Gasteiger partial charge is 0.0819 e. The molecule has 0 aliphatic carbocycles. The van der Waals surface area contributed by atoms with E-state index in [1.165, 1.54) is 103 Å². The van der Waals surface area contributed by atoms with Crippen molar-refractivity contribution >= 4 is 0 Å². The molecule has 0 aliphatic heterocycles. The minimum atomic E-state index is 0.485. The van der Waals surface area contributed by atoms with Crippen LogP contribution in [0.2, 0.25) is 0 Å². The van der Waals surface area contributed by atoms with Crippen LogP contribution in [-0.4, -0.2) is 11.9 Å². The van der Waals surface area contributed by atoms with Crippen LogP contribution in [0.15, 0.2) is 12.2 Å². The van der Waals surface area contributed by atoms with Gasteiger partial charge in [0.25, 0.3) is 0 Å². The fourth-order valence-corrected chi connectivity index (χ4v) is 4.25. The number of rotatable bonds is 22. The van der Waals surface area contributed by atoms with Crippen LogP contribution < -0.4 is 0 Å².